The fraction of sp³-hybridized carbons (Fsp3) is 0.286. The highest BCUT2D eigenvalue weighted by Gasteiger charge is 2.09. The van der Waals surface area contributed by atoms with E-state index in [0.29, 0.717) is 13.2 Å². The first-order valence-corrected chi connectivity index (χ1v) is 6.71. The third-order valence-electron chi connectivity index (χ3n) is 2.67. The zero-order chi connectivity index (χ0) is 12.8. The minimum Gasteiger partial charge on any atom is -0.386 e. The number of para-hydroxylation sites is 1. The molecule has 1 heterocycles. The summed E-state index contributed by atoms with van der Waals surface area (Å²) in [7, 11) is 1.68. The van der Waals surface area contributed by atoms with Gasteiger partial charge < -0.3 is 15.2 Å². The van der Waals surface area contributed by atoms with E-state index < -0.39 is 6.10 Å². The van der Waals surface area contributed by atoms with Gasteiger partial charge in [-0.15, -0.1) is 11.3 Å². The predicted molar refractivity (Wildman–Crippen MR) is 74.9 cm³/mol. The third kappa shape index (κ3) is 3.32. The number of anilines is 1. The number of benzene rings is 1. The van der Waals surface area contributed by atoms with E-state index in [1.54, 1.807) is 18.4 Å². The molecular weight excluding hydrogens is 246 g/mol. The number of aliphatic hydroxyl groups is 1. The van der Waals surface area contributed by atoms with E-state index in [2.05, 4.69) is 5.32 Å². The summed E-state index contributed by atoms with van der Waals surface area (Å²) in [6.07, 6.45) is -0.472. The lowest BCUT2D eigenvalue weighted by atomic mass is 10.2. The molecule has 1 atom stereocenters. The Labute approximate surface area is 111 Å². The molecule has 3 nitrogen and oxygen atoms in total. The van der Waals surface area contributed by atoms with E-state index in [-0.39, 0.29) is 0 Å². The number of hydrogen-bond acceptors (Lipinski definition) is 4. The number of rotatable bonds is 6. The molecule has 0 bridgehead atoms. The van der Waals surface area contributed by atoms with Crippen molar-refractivity contribution >= 4 is 17.0 Å². The van der Waals surface area contributed by atoms with Crippen LogP contribution in [0, 0.1) is 0 Å². The molecule has 0 amide bonds. The molecule has 2 rings (SSSR count). The first kappa shape index (κ1) is 13.1. The largest absolute Gasteiger partial charge is 0.386 e. The molecule has 1 aromatic heterocycles. The maximum absolute atomic E-state index is 10.0. The summed E-state index contributed by atoms with van der Waals surface area (Å²) in [5.41, 5.74) is 2.10. The van der Waals surface area contributed by atoms with Crippen molar-refractivity contribution in [2.24, 2.45) is 0 Å². The summed E-state index contributed by atoms with van der Waals surface area (Å²) < 4.78 is 5.15. The Hall–Kier alpha value is -1.36. The standard InChI is InChI=1S/C14H17NO2S/c1-17-10-11-5-2-3-6-12(11)15-9-13(16)14-7-4-8-18-14/h2-8,13,15-16H,9-10H2,1H3. The highest BCUT2D eigenvalue weighted by Crippen LogP contribution is 2.21. The van der Waals surface area contributed by atoms with E-state index in [9.17, 15) is 5.11 Å². The lowest BCUT2D eigenvalue weighted by Gasteiger charge is -2.14. The molecule has 0 aliphatic carbocycles. The van der Waals surface area contributed by atoms with Crippen LogP contribution in [0.3, 0.4) is 0 Å². The first-order chi connectivity index (χ1) is 8.81. The van der Waals surface area contributed by atoms with Crippen molar-refractivity contribution in [1.29, 1.82) is 0 Å². The molecule has 0 radical (unpaired) electrons. The number of thiophene rings is 1. The van der Waals surface area contributed by atoms with Crippen LogP contribution in [0.2, 0.25) is 0 Å². The van der Waals surface area contributed by atoms with E-state index in [4.69, 9.17) is 4.74 Å². The second-order valence-electron chi connectivity index (χ2n) is 4.00. The van der Waals surface area contributed by atoms with E-state index in [0.717, 1.165) is 16.1 Å². The van der Waals surface area contributed by atoms with Crippen molar-refractivity contribution in [3.63, 3.8) is 0 Å². The zero-order valence-corrected chi connectivity index (χ0v) is 11.1. The molecule has 2 aromatic rings. The van der Waals surface area contributed by atoms with Gasteiger partial charge in [0.25, 0.3) is 0 Å². The molecule has 4 heteroatoms. The normalized spacial score (nSPS) is 12.3. The maximum atomic E-state index is 10.0. The molecule has 0 aliphatic heterocycles. The quantitative estimate of drug-likeness (QED) is 0.841. The van der Waals surface area contributed by atoms with E-state index >= 15 is 0 Å². The lowest BCUT2D eigenvalue weighted by Crippen LogP contribution is -2.12. The van der Waals surface area contributed by atoms with Crippen LogP contribution in [0.4, 0.5) is 5.69 Å². The second kappa shape index (κ2) is 6.54. The number of methoxy groups -OCH3 is 1. The highest BCUT2D eigenvalue weighted by molar-refractivity contribution is 7.10. The summed E-state index contributed by atoms with van der Waals surface area (Å²) in [4.78, 5) is 0.978. The Kier molecular flexibility index (Phi) is 4.75. The van der Waals surface area contributed by atoms with Crippen LogP contribution in [0.15, 0.2) is 41.8 Å². The van der Waals surface area contributed by atoms with Crippen LogP contribution in [-0.4, -0.2) is 18.8 Å². The molecule has 1 unspecified atom stereocenters. The summed E-state index contributed by atoms with van der Waals surface area (Å²) in [5.74, 6) is 0. The van der Waals surface area contributed by atoms with Crippen molar-refractivity contribution < 1.29 is 9.84 Å². The van der Waals surface area contributed by atoms with Crippen molar-refractivity contribution in [2.45, 2.75) is 12.7 Å². The third-order valence-corrected chi connectivity index (χ3v) is 3.65. The zero-order valence-electron chi connectivity index (χ0n) is 10.3. The van der Waals surface area contributed by atoms with Gasteiger partial charge in [-0.3, -0.25) is 0 Å². The van der Waals surface area contributed by atoms with Crippen LogP contribution in [-0.2, 0) is 11.3 Å². The van der Waals surface area contributed by atoms with Gasteiger partial charge in [-0.05, 0) is 17.5 Å². The second-order valence-corrected chi connectivity index (χ2v) is 4.98. The maximum Gasteiger partial charge on any atom is 0.105 e. The molecular formula is C14H17NO2S. The number of hydrogen-bond donors (Lipinski definition) is 2. The molecule has 18 heavy (non-hydrogen) atoms. The Balaban J connectivity index is 1.97. The smallest absolute Gasteiger partial charge is 0.105 e. The van der Waals surface area contributed by atoms with Gasteiger partial charge in [0, 0.05) is 29.8 Å². The molecule has 0 saturated carbocycles. The Morgan fingerprint density at radius 1 is 1.28 bits per heavy atom. The molecule has 1 aromatic carbocycles. The summed E-state index contributed by atoms with van der Waals surface area (Å²) in [6.45, 7) is 1.07. The van der Waals surface area contributed by atoms with Gasteiger partial charge in [-0.2, -0.15) is 0 Å². The molecule has 2 N–H and O–H groups in total. The topological polar surface area (TPSA) is 41.5 Å². The van der Waals surface area contributed by atoms with Gasteiger partial charge in [0.15, 0.2) is 0 Å². The molecule has 0 fully saturated rings. The summed E-state index contributed by atoms with van der Waals surface area (Å²) in [6, 6.07) is 11.9. The lowest BCUT2D eigenvalue weighted by molar-refractivity contribution is 0.184. The monoisotopic (exact) mass is 263 g/mol. The molecule has 0 aliphatic rings. The van der Waals surface area contributed by atoms with E-state index in [1.807, 2.05) is 41.8 Å². The van der Waals surface area contributed by atoms with Crippen LogP contribution in [0.5, 0.6) is 0 Å². The minimum absolute atomic E-state index is 0.472. The predicted octanol–water partition coefficient (Wildman–Crippen LogP) is 3.04. The number of aliphatic hydroxyl groups excluding tert-OH is 1. The van der Waals surface area contributed by atoms with Crippen LogP contribution in [0.1, 0.15) is 16.5 Å². The van der Waals surface area contributed by atoms with Gasteiger partial charge in [-0.1, -0.05) is 24.3 Å². The molecule has 0 saturated heterocycles. The minimum atomic E-state index is -0.472. The Bertz CT molecular complexity index is 470. The van der Waals surface area contributed by atoms with Crippen molar-refractivity contribution in [2.75, 3.05) is 19.0 Å². The highest BCUT2D eigenvalue weighted by atomic mass is 32.1. The fourth-order valence-corrected chi connectivity index (χ4v) is 2.47. The Morgan fingerprint density at radius 2 is 2.11 bits per heavy atom. The SMILES string of the molecule is COCc1ccccc1NCC(O)c1cccs1. The van der Waals surface area contributed by atoms with Crippen molar-refractivity contribution in [3.05, 3.63) is 52.2 Å². The average Bonchev–Trinajstić information content (AvgIpc) is 2.92. The van der Waals surface area contributed by atoms with Gasteiger partial charge in [0.1, 0.15) is 6.10 Å². The number of ether oxygens (including phenoxy) is 1. The van der Waals surface area contributed by atoms with Gasteiger partial charge in [0.05, 0.1) is 6.61 Å². The van der Waals surface area contributed by atoms with Gasteiger partial charge in [-0.25, -0.2) is 0 Å². The summed E-state index contributed by atoms with van der Waals surface area (Å²) in [5, 5.41) is 15.2. The average molecular weight is 263 g/mol. The van der Waals surface area contributed by atoms with Crippen LogP contribution < -0.4 is 5.32 Å². The fourth-order valence-electron chi connectivity index (χ4n) is 1.76. The van der Waals surface area contributed by atoms with Crippen molar-refractivity contribution in [1.82, 2.24) is 0 Å². The number of nitrogens with one attached hydrogen (secondary N) is 1. The van der Waals surface area contributed by atoms with E-state index in [1.165, 1.54) is 0 Å². The van der Waals surface area contributed by atoms with Crippen LogP contribution >= 0.6 is 11.3 Å². The van der Waals surface area contributed by atoms with Crippen molar-refractivity contribution in [3.8, 4) is 0 Å². The van der Waals surface area contributed by atoms with Gasteiger partial charge >= 0.3 is 0 Å². The van der Waals surface area contributed by atoms with Crippen LogP contribution in [0.25, 0.3) is 0 Å². The molecule has 0 spiro atoms. The first-order valence-electron chi connectivity index (χ1n) is 5.83. The molecule has 96 valence electrons. The summed E-state index contributed by atoms with van der Waals surface area (Å²) >= 11 is 1.57. The van der Waals surface area contributed by atoms with Gasteiger partial charge in [0.2, 0.25) is 0 Å². The Morgan fingerprint density at radius 3 is 2.83 bits per heavy atom.